The van der Waals surface area contributed by atoms with Gasteiger partial charge in [-0.15, -0.1) is 11.3 Å². The zero-order valence-corrected chi connectivity index (χ0v) is 16.7. The minimum absolute atomic E-state index is 0.128. The van der Waals surface area contributed by atoms with Crippen molar-refractivity contribution >= 4 is 38.2 Å². The number of hydrogen-bond acceptors (Lipinski definition) is 4. The summed E-state index contributed by atoms with van der Waals surface area (Å²) in [6.45, 7) is 3.91. The maximum Gasteiger partial charge on any atom is 0.181 e. The minimum atomic E-state index is -0.128. The van der Waals surface area contributed by atoms with Gasteiger partial charge < -0.3 is 4.98 Å². The first-order valence-corrected chi connectivity index (χ1v) is 10.7. The number of aromatic amines is 1. The molecule has 4 nitrogen and oxygen atoms in total. The highest BCUT2D eigenvalue weighted by molar-refractivity contribution is 7.18. The summed E-state index contributed by atoms with van der Waals surface area (Å²) in [5.41, 5.74) is 2.90. The van der Waals surface area contributed by atoms with Gasteiger partial charge in [0, 0.05) is 35.1 Å². The maximum atomic E-state index is 13.2. The van der Waals surface area contributed by atoms with E-state index in [4.69, 9.17) is 4.98 Å². The number of fused-ring (bicyclic) bond motifs is 2. The van der Waals surface area contributed by atoms with Gasteiger partial charge in [0.1, 0.15) is 0 Å². The average molecular weight is 390 g/mol. The summed E-state index contributed by atoms with van der Waals surface area (Å²) < 4.78 is 1.25. The van der Waals surface area contributed by atoms with Crippen LogP contribution in [0, 0.1) is 0 Å². The first-order chi connectivity index (χ1) is 13.7. The second-order valence-electron chi connectivity index (χ2n) is 7.64. The van der Waals surface area contributed by atoms with E-state index in [1.165, 1.54) is 9.71 Å². The van der Waals surface area contributed by atoms with E-state index in [1.54, 1.807) is 11.3 Å². The Morgan fingerprint density at radius 1 is 1.21 bits per heavy atom. The number of nitrogens with one attached hydrogen (secondary N) is 1. The summed E-state index contributed by atoms with van der Waals surface area (Å²) in [5, 5.41) is 2.22. The van der Waals surface area contributed by atoms with Gasteiger partial charge >= 0.3 is 0 Å². The molecule has 0 saturated carbocycles. The molecule has 142 valence electrons. The number of aromatic nitrogens is 2. The van der Waals surface area contributed by atoms with Crippen molar-refractivity contribution < 1.29 is 4.79 Å². The highest BCUT2D eigenvalue weighted by Gasteiger charge is 2.30. The Kier molecular flexibility index (Phi) is 4.49. The number of piperidine rings is 1. The van der Waals surface area contributed by atoms with Crippen LogP contribution in [0.25, 0.3) is 21.1 Å². The number of ketones is 1. The number of carbonyl (C=O) groups is 1. The van der Waals surface area contributed by atoms with E-state index in [0.717, 1.165) is 47.9 Å². The van der Waals surface area contributed by atoms with Crippen LogP contribution < -0.4 is 0 Å². The third-order valence-electron chi connectivity index (χ3n) is 5.89. The van der Waals surface area contributed by atoms with Crippen LogP contribution in [-0.2, 0) is 0 Å². The summed E-state index contributed by atoms with van der Waals surface area (Å²) in [7, 11) is 0. The molecule has 0 spiro atoms. The van der Waals surface area contributed by atoms with Crippen LogP contribution in [0.2, 0.25) is 0 Å². The zero-order valence-electron chi connectivity index (χ0n) is 15.9. The molecule has 1 saturated heterocycles. The van der Waals surface area contributed by atoms with Gasteiger partial charge in [0.05, 0.1) is 21.3 Å². The largest absolute Gasteiger partial charge is 0.360 e. The van der Waals surface area contributed by atoms with Crippen LogP contribution in [0.1, 0.15) is 41.0 Å². The molecule has 2 aromatic carbocycles. The van der Waals surface area contributed by atoms with Gasteiger partial charge in [0.25, 0.3) is 0 Å². The van der Waals surface area contributed by atoms with Crippen LogP contribution in [0.4, 0.5) is 0 Å². The van der Waals surface area contributed by atoms with Crippen LogP contribution in [0.3, 0.4) is 0 Å². The lowest BCUT2D eigenvalue weighted by molar-refractivity contribution is 0.0793. The fraction of sp³-hybridized carbons (Fsp3) is 0.304. The Hall–Kier alpha value is -2.50. The fourth-order valence-corrected chi connectivity index (χ4v) is 5.38. The molecule has 0 aliphatic carbocycles. The number of para-hydroxylation sites is 2. The van der Waals surface area contributed by atoms with E-state index in [0.29, 0.717) is 5.92 Å². The van der Waals surface area contributed by atoms with Crippen LogP contribution in [-0.4, -0.2) is 39.8 Å². The lowest BCUT2D eigenvalue weighted by Gasteiger charge is -2.35. The average Bonchev–Trinajstić information content (AvgIpc) is 3.37. The SMILES string of the molecule is C[C@H](C(=O)c1c[nH]c2ccccc12)N1CCC[C@@H](c2nc3ccccc3s2)C1. The summed E-state index contributed by atoms with van der Waals surface area (Å²) in [6.07, 6.45) is 4.11. The lowest BCUT2D eigenvalue weighted by Crippen LogP contribution is -2.44. The summed E-state index contributed by atoms with van der Waals surface area (Å²) in [5.74, 6) is 0.603. The Balaban J connectivity index is 1.37. The molecular weight excluding hydrogens is 366 g/mol. The monoisotopic (exact) mass is 389 g/mol. The number of benzene rings is 2. The van der Waals surface area contributed by atoms with Crippen molar-refractivity contribution in [3.05, 3.63) is 65.3 Å². The standard InChI is InChI=1S/C23H23N3OS/c1-15(22(27)18-13-24-19-9-3-2-8-17(18)19)26-12-6-7-16(14-26)23-25-20-10-4-5-11-21(20)28-23/h2-5,8-11,13,15-16,24H,6-7,12,14H2,1H3/t15-,16-/m1/s1. The van der Waals surface area contributed by atoms with E-state index in [-0.39, 0.29) is 11.8 Å². The molecule has 2 aromatic heterocycles. The number of likely N-dealkylation sites (tertiary alicyclic amines) is 1. The van der Waals surface area contributed by atoms with E-state index in [1.807, 2.05) is 43.5 Å². The number of thiazole rings is 1. The normalized spacial score (nSPS) is 19.2. The maximum absolute atomic E-state index is 13.2. The molecular formula is C23H23N3OS. The highest BCUT2D eigenvalue weighted by atomic mass is 32.1. The van der Waals surface area contributed by atoms with Crippen molar-refractivity contribution in [3.8, 4) is 0 Å². The molecule has 1 N–H and O–H groups in total. The third kappa shape index (κ3) is 3.05. The molecule has 0 radical (unpaired) electrons. The Bertz CT molecular complexity index is 1110. The van der Waals surface area contributed by atoms with Crippen molar-refractivity contribution in [1.82, 2.24) is 14.9 Å². The fourth-order valence-electron chi connectivity index (χ4n) is 4.29. The number of Topliss-reactive ketones (excluding diaryl/α,β-unsaturated/α-hetero) is 1. The van der Waals surface area contributed by atoms with Crippen LogP contribution >= 0.6 is 11.3 Å². The highest BCUT2D eigenvalue weighted by Crippen LogP contribution is 2.34. The van der Waals surface area contributed by atoms with E-state index in [2.05, 4.69) is 28.1 Å². The molecule has 5 rings (SSSR count). The van der Waals surface area contributed by atoms with E-state index < -0.39 is 0 Å². The molecule has 1 aliphatic heterocycles. The molecule has 1 fully saturated rings. The van der Waals surface area contributed by atoms with Crippen molar-refractivity contribution in [3.63, 3.8) is 0 Å². The van der Waals surface area contributed by atoms with Crippen molar-refractivity contribution in [2.24, 2.45) is 0 Å². The lowest BCUT2D eigenvalue weighted by atomic mass is 9.95. The zero-order chi connectivity index (χ0) is 19.1. The topological polar surface area (TPSA) is 49.0 Å². The predicted octanol–water partition coefficient (Wildman–Crippen LogP) is 5.23. The van der Waals surface area contributed by atoms with Gasteiger partial charge in [-0.3, -0.25) is 9.69 Å². The molecule has 1 aliphatic rings. The number of hydrogen-bond donors (Lipinski definition) is 1. The van der Waals surface area contributed by atoms with Crippen LogP contribution in [0.15, 0.2) is 54.7 Å². The first kappa shape index (κ1) is 17.6. The van der Waals surface area contributed by atoms with Gasteiger partial charge in [0.2, 0.25) is 0 Å². The Morgan fingerprint density at radius 2 is 2.04 bits per heavy atom. The number of H-pyrrole nitrogens is 1. The molecule has 5 heteroatoms. The second kappa shape index (κ2) is 7.15. The number of carbonyl (C=O) groups excluding carboxylic acids is 1. The quantitative estimate of drug-likeness (QED) is 0.486. The predicted molar refractivity (Wildman–Crippen MR) is 115 cm³/mol. The first-order valence-electron chi connectivity index (χ1n) is 9.90. The number of nitrogens with zero attached hydrogens (tertiary/aromatic N) is 2. The molecule has 2 atom stereocenters. The Labute approximate surface area is 168 Å². The second-order valence-corrected chi connectivity index (χ2v) is 8.70. The summed E-state index contributed by atoms with van der Waals surface area (Å²) in [6, 6.07) is 16.2. The smallest absolute Gasteiger partial charge is 0.181 e. The molecule has 4 aromatic rings. The van der Waals surface area contributed by atoms with Gasteiger partial charge in [0.15, 0.2) is 5.78 Å². The molecule has 0 unspecified atom stereocenters. The van der Waals surface area contributed by atoms with Gasteiger partial charge in [-0.25, -0.2) is 4.98 Å². The molecule has 0 bridgehead atoms. The minimum Gasteiger partial charge on any atom is -0.360 e. The molecule has 28 heavy (non-hydrogen) atoms. The Morgan fingerprint density at radius 3 is 2.93 bits per heavy atom. The van der Waals surface area contributed by atoms with Crippen molar-refractivity contribution in [2.75, 3.05) is 13.1 Å². The number of rotatable bonds is 4. The summed E-state index contributed by atoms with van der Waals surface area (Å²) >= 11 is 1.80. The van der Waals surface area contributed by atoms with Crippen LogP contribution in [0.5, 0.6) is 0 Å². The third-order valence-corrected chi connectivity index (χ3v) is 7.09. The molecule has 0 amide bonds. The molecule has 3 heterocycles. The van der Waals surface area contributed by atoms with Gasteiger partial charge in [-0.2, -0.15) is 0 Å². The van der Waals surface area contributed by atoms with Gasteiger partial charge in [-0.1, -0.05) is 30.3 Å². The van der Waals surface area contributed by atoms with E-state index >= 15 is 0 Å². The van der Waals surface area contributed by atoms with E-state index in [9.17, 15) is 4.79 Å². The van der Waals surface area contributed by atoms with Crippen molar-refractivity contribution in [2.45, 2.75) is 31.7 Å². The van der Waals surface area contributed by atoms with Gasteiger partial charge in [-0.05, 0) is 44.5 Å². The van der Waals surface area contributed by atoms with Crippen molar-refractivity contribution in [1.29, 1.82) is 0 Å². The summed E-state index contributed by atoms with van der Waals surface area (Å²) in [4.78, 5) is 23.7.